The van der Waals surface area contributed by atoms with E-state index in [-0.39, 0.29) is 0 Å². The zero-order chi connectivity index (χ0) is 8.55. The van der Waals surface area contributed by atoms with Crippen molar-refractivity contribution in [1.82, 2.24) is 0 Å². The SMILES string of the molecule is CC1=NCCN1[n+]1ccsc1C. The van der Waals surface area contributed by atoms with Crippen LogP contribution in [-0.4, -0.2) is 18.9 Å². The zero-order valence-corrected chi connectivity index (χ0v) is 8.14. The Morgan fingerprint density at radius 2 is 2.42 bits per heavy atom. The maximum Gasteiger partial charge on any atom is 0.264 e. The van der Waals surface area contributed by atoms with Gasteiger partial charge in [0.25, 0.3) is 5.01 Å². The Morgan fingerprint density at radius 1 is 1.58 bits per heavy atom. The Labute approximate surface area is 75.9 Å². The Hall–Kier alpha value is -0.900. The zero-order valence-electron chi connectivity index (χ0n) is 7.32. The molecule has 0 bridgehead atoms. The molecular formula is C8H12N3S+. The molecule has 0 fully saturated rings. The number of amidine groups is 1. The highest BCUT2D eigenvalue weighted by molar-refractivity contribution is 7.09. The molecule has 0 radical (unpaired) electrons. The van der Waals surface area contributed by atoms with Crippen LogP contribution in [0.15, 0.2) is 16.6 Å². The van der Waals surface area contributed by atoms with Crippen LogP contribution in [0.1, 0.15) is 11.9 Å². The molecule has 0 aromatic carbocycles. The lowest BCUT2D eigenvalue weighted by atomic mass is 10.6. The quantitative estimate of drug-likeness (QED) is 0.586. The maximum absolute atomic E-state index is 4.34. The number of rotatable bonds is 1. The molecule has 0 saturated carbocycles. The summed E-state index contributed by atoms with van der Waals surface area (Å²) < 4.78 is 2.16. The largest absolute Gasteiger partial charge is 0.266 e. The van der Waals surface area contributed by atoms with Crippen molar-refractivity contribution >= 4 is 17.2 Å². The number of thiazole rings is 1. The molecule has 64 valence electrons. The summed E-state index contributed by atoms with van der Waals surface area (Å²) in [6.07, 6.45) is 2.09. The van der Waals surface area contributed by atoms with E-state index in [0.29, 0.717) is 0 Å². The van der Waals surface area contributed by atoms with Gasteiger partial charge in [0.1, 0.15) is 6.54 Å². The van der Waals surface area contributed by atoms with E-state index < -0.39 is 0 Å². The minimum Gasteiger partial charge on any atom is -0.266 e. The summed E-state index contributed by atoms with van der Waals surface area (Å²) in [5, 5.41) is 5.60. The van der Waals surface area contributed by atoms with E-state index in [1.807, 2.05) is 0 Å². The van der Waals surface area contributed by atoms with Crippen molar-refractivity contribution in [3.8, 4) is 0 Å². The monoisotopic (exact) mass is 182 g/mol. The molecule has 1 aliphatic heterocycles. The summed E-state index contributed by atoms with van der Waals surface area (Å²) in [6.45, 7) is 6.11. The summed E-state index contributed by atoms with van der Waals surface area (Å²) in [6, 6.07) is 0. The van der Waals surface area contributed by atoms with E-state index in [0.717, 1.165) is 18.9 Å². The highest BCUT2D eigenvalue weighted by Gasteiger charge is 2.23. The Balaban J connectivity index is 2.32. The van der Waals surface area contributed by atoms with E-state index in [2.05, 4.69) is 40.1 Å². The van der Waals surface area contributed by atoms with Crippen LogP contribution in [0.4, 0.5) is 0 Å². The maximum atomic E-state index is 4.34. The number of aryl methyl sites for hydroxylation is 1. The number of aliphatic imine (C=N–C) groups is 1. The van der Waals surface area contributed by atoms with Crippen LogP contribution in [0.3, 0.4) is 0 Å². The van der Waals surface area contributed by atoms with Crippen LogP contribution in [-0.2, 0) is 0 Å². The van der Waals surface area contributed by atoms with Crippen molar-refractivity contribution < 1.29 is 4.68 Å². The number of aromatic nitrogens is 1. The standard InChI is InChI=1S/C8H12N3S/c1-7-9-3-4-10(7)11-5-6-12-8(11)2/h5-6H,3-4H2,1-2H3/q+1. The predicted molar refractivity (Wildman–Crippen MR) is 50.3 cm³/mol. The summed E-state index contributed by atoms with van der Waals surface area (Å²) in [7, 11) is 0. The summed E-state index contributed by atoms with van der Waals surface area (Å²) in [4.78, 5) is 4.34. The fourth-order valence-corrected chi connectivity index (χ4v) is 2.05. The molecule has 1 aliphatic rings. The minimum atomic E-state index is 0.925. The predicted octanol–water partition coefficient (Wildman–Crippen LogP) is 0.714. The first-order chi connectivity index (χ1) is 5.79. The van der Waals surface area contributed by atoms with Gasteiger partial charge in [-0.05, 0) is 6.92 Å². The van der Waals surface area contributed by atoms with Gasteiger partial charge in [-0.3, -0.25) is 4.99 Å². The number of nitrogens with zero attached hydrogens (tertiary/aromatic N) is 3. The molecule has 0 amide bonds. The first kappa shape index (κ1) is 7.73. The third-order valence-corrected chi connectivity index (χ3v) is 2.84. The molecule has 2 rings (SSSR count). The smallest absolute Gasteiger partial charge is 0.264 e. The van der Waals surface area contributed by atoms with Gasteiger partial charge in [-0.2, -0.15) is 0 Å². The molecule has 4 heteroatoms. The second kappa shape index (κ2) is 2.86. The van der Waals surface area contributed by atoms with E-state index in [1.165, 1.54) is 5.01 Å². The van der Waals surface area contributed by atoms with Crippen LogP contribution in [0.5, 0.6) is 0 Å². The van der Waals surface area contributed by atoms with E-state index in [1.54, 1.807) is 11.3 Å². The van der Waals surface area contributed by atoms with Crippen LogP contribution in [0, 0.1) is 6.92 Å². The number of hydrogen-bond acceptors (Lipinski definition) is 3. The van der Waals surface area contributed by atoms with E-state index in [4.69, 9.17) is 0 Å². The topological polar surface area (TPSA) is 19.5 Å². The summed E-state index contributed by atoms with van der Waals surface area (Å²) in [5.74, 6) is 1.11. The Bertz CT molecular complexity index is 316. The highest BCUT2D eigenvalue weighted by atomic mass is 32.1. The van der Waals surface area contributed by atoms with Gasteiger partial charge in [-0.25, -0.2) is 0 Å². The van der Waals surface area contributed by atoms with Gasteiger partial charge in [0, 0.05) is 6.92 Å². The van der Waals surface area contributed by atoms with Gasteiger partial charge in [-0.1, -0.05) is 16.0 Å². The van der Waals surface area contributed by atoms with Crippen molar-refractivity contribution in [1.29, 1.82) is 0 Å². The molecule has 2 heterocycles. The third-order valence-electron chi connectivity index (χ3n) is 2.05. The number of hydrogen-bond donors (Lipinski definition) is 0. The van der Waals surface area contributed by atoms with Crippen LogP contribution in [0.25, 0.3) is 0 Å². The van der Waals surface area contributed by atoms with Crippen LogP contribution >= 0.6 is 11.3 Å². The highest BCUT2D eigenvalue weighted by Crippen LogP contribution is 2.02. The van der Waals surface area contributed by atoms with Crippen molar-refractivity contribution in [2.45, 2.75) is 13.8 Å². The second-order valence-corrected chi connectivity index (χ2v) is 3.92. The van der Waals surface area contributed by atoms with Crippen molar-refractivity contribution in [2.24, 2.45) is 4.99 Å². The summed E-state index contributed by atoms with van der Waals surface area (Å²) in [5.41, 5.74) is 0. The van der Waals surface area contributed by atoms with Crippen molar-refractivity contribution in [3.05, 3.63) is 16.6 Å². The van der Waals surface area contributed by atoms with Gasteiger partial charge in [0.2, 0.25) is 6.20 Å². The molecule has 0 atom stereocenters. The van der Waals surface area contributed by atoms with Crippen molar-refractivity contribution in [2.75, 3.05) is 18.1 Å². The van der Waals surface area contributed by atoms with Gasteiger partial charge in [-0.15, -0.1) is 5.01 Å². The molecule has 0 aliphatic carbocycles. The molecule has 12 heavy (non-hydrogen) atoms. The molecule has 0 unspecified atom stereocenters. The lowest BCUT2D eigenvalue weighted by Crippen LogP contribution is -2.59. The van der Waals surface area contributed by atoms with Gasteiger partial charge in [0.15, 0.2) is 5.84 Å². The Morgan fingerprint density at radius 3 is 2.92 bits per heavy atom. The lowest BCUT2D eigenvalue weighted by Gasteiger charge is -2.08. The Kier molecular flexibility index (Phi) is 1.84. The average molecular weight is 182 g/mol. The van der Waals surface area contributed by atoms with E-state index in [9.17, 15) is 0 Å². The first-order valence-corrected chi connectivity index (χ1v) is 4.91. The lowest BCUT2D eigenvalue weighted by molar-refractivity contribution is -0.681. The first-order valence-electron chi connectivity index (χ1n) is 4.03. The second-order valence-electron chi connectivity index (χ2n) is 2.82. The fraction of sp³-hybridized carbons (Fsp3) is 0.500. The normalized spacial score (nSPS) is 16.8. The molecule has 1 aromatic rings. The van der Waals surface area contributed by atoms with Crippen molar-refractivity contribution in [3.63, 3.8) is 0 Å². The van der Waals surface area contributed by atoms with Gasteiger partial charge < -0.3 is 0 Å². The summed E-state index contributed by atoms with van der Waals surface area (Å²) >= 11 is 1.76. The molecule has 0 spiro atoms. The third kappa shape index (κ3) is 1.12. The van der Waals surface area contributed by atoms with Gasteiger partial charge >= 0.3 is 0 Å². The average Bonchev–Trinajstić information content (AvgIpc) is 2.59. The fourth-order valence-electron chi connectivity index (χ4n) is 1.41. The van der Waals surface area contributed by atoms with Crippen LogP contribution in [0.2, 0.25) is 0 Å². The van der Waals surface area contributed by atoms with Crippen LogP contribution < -0.4 is 9.69 Å². The molecule has 3 nitrogen and oxygen atoms in total. The molecular weight excluding hydrogens is 170 g/mol. The molecule has 0 saturated heterocycles. The van der Waals surface area contributed by atoms with E-state index >= 15 is 0 Å². The molecule has 1 aromatic heterocycles. The molecule has 0 N–H and O–H groups in total. The van der Waals surface area contributed by atoms with Gasteiger partial charge in [0.05, 0.1) is 11.9 Å². The minimum absolute atomic E-state index is 0.925.